The lowest BCUT2D eigenvalue weighted by molar-refractivity contribution is -0.129. The van der Waals surface area contributed by atoms with E-state index in [2.05, 4.69) is 10.3 Å². The quantitative estimate of drug-likeness (QED) is 0.940. The van der Waals surface area contributed by atoms with Gasteiger partial charge in [-0.05, 0) is 24.1 Å². The average Bonchev–Trinajstić information content (AvgIpc) is 2.92. The number of benzene rings is 1. The first-order chi connectivity index (χ1) is 11.0. The molecule has 1 aromatic carbocycles. The molecule has 0 unspecified atom stereocenters. The number of aromatic nitrogens is 1. The fourth-order valence-electron chi connectivity index (χ4n) is 2.67. The van der Waals surface area contributed by atoms with E-state index in [1.165, 1.54) is 18.3 Å². The van der Waals surface area contributed by atoms with E-state index in [1.807, 2.05) is 42.6 Å². The van der Waals surface area contributed by atoms with Gasteiger partial charge in [0.25, 0.3) is 0 Å². The van der Waals surface area contributed by atoms with Crippen LogP contribution in [0.4, 0.5) is 5.13 Å². The van der Waals surface area contributed by atoms with Gasteiger partial charge >= 0.3 is 0 Å². The van der Waals surface area contributed by atoms with Gasteiger partial charge in [-0.1, -0.05) is 24.3 Å². The highest BCUT2D eigenvalue weighted by atomic mass is 32.1. The molecule has 1 aliphatic heterocycles. The van der Waals surface area contributed by atoms with Crippen LogP contribution in [0.2, 0.25) is 0 Å². The Morgan fingerprint density at radius 3 is 2.83 bits per heavy atom. The molecule has 0 saturated carbocycles. The predicted molar refractivity (Wildman–Crippen MR) is 90.8 cm³/mol. The van der Waals surface area contributed by atoms with Gasteiger partial charge in [0, 0.05) is 18.5 Å². The maximum absolute atomic E-state index is 12.4. The summed E-state index contributed by atoms with van der Waals surface area (Å²) in [5, 5.41) is 5.28. The van der Waals surface area contributed by atoms with E-state index in [1.54, 1.807) is 11.1 Å². The second kappa shape index (κ2) is 6.34. The van der Waals surface area contributed by atoms with Gasteiger partial charge in [-0.25, -0.2) is 4.98 Å². The Hall–Kier alpha value is -2.47. The molecule has 1 N–H and O–H groups in total. The van der Waals surface area contributed by atoms with Crippen molar-refractivity contribution in [1.29, 1.82) is 0 Å². The van der Waals surface area contributed by atoms with Gasteiger partial charge in [-0.15, -0.1) is 11.3 Å². The van der Waals surface area contributed by atoms with Crippen LogP contribution in [-0.2, 0) is 9.59 Å². The number of hydrogen-bond donors (Lipinski definition) is 1. The van der Waals surface area contributed by atoms with Crippen molar-refractivity contribution in [1.82, 2.24) is 9.88 Å². The first kappa shape index (κ1) is 15.4. The molecule has 2 amide bonds. The number of thiazole rings is 1. The van der Waals surface area contributed by atoms with E-state index in [0.717, 1.165) is 16.8 Å². The van der Waals surface area contributed by atoms with Crippen LogP contribution in [0.15, 0.2) is 35.8 Å². The van der Waals surface area contributed by atoms with E-state index in [9.17, 15) is 9.59 Å². The normalized spacial score (nSPS) is 16.1. The number of amides is 2. The van der Waals surface area contributed by atoms with Crippen LogP contribution < -0.4 is 5.32 Å². The summed E-state index contributed by atoms with van der Waals surface area (Å²) >= 11 is 1.40. The van der Waals surface area contributed by atoms with Gasteiger partial charge in [-0.2, -0.15) is 0 Å². The third kappa shape index (κ3) is 3.32. The lowest BCUT2D eigenvalue weighted by Gasteiger charge is -2.32. The zero-order chi connectivity index (χ0) is 16.4. The van der Waals surface area contributed by atoms with Crippen molar-refractivity contribution in [2.24, 2.45) is 0 Å². The summed E-state index contributed by atoms with van der Waals surface area (Å²) in [7, 11) is 0. The van der Waals surface area contributed by atoms with Crippen LogP contribution in [0, 0.1) is 6.92 Å². The smallest absolute Gasteiger partial charge is 0.228 e. The average molecular weight is 327 g/mol. The molecule has 2 aromatic rings. The molecule has 23 heavy (non-hydrogen) atoms. The number of rotatable bonds is 3. The van der Waals surface area contributed by atoms with Gasteiger partial charge in [0.1, 0.15) is 0 Å². The van der Waals surface area contributed by atoms with Crippen molar-refractivity contribution >= 4 is 34.4 Å². The van der Waals surface area contributed by atoms with Crippen LogP contribution in [0.25, 0.3) is 6.08 Å². The Balaban J connectivity index is 1.81. The van der Waals surface area contributed by atoms with Gasteiger partial charge in [0.2, 0.25) is 11.8 Å². The summed E-state index contributed by atoms with van der Waals surface area (Å²) in [5.41, 5.74) is 2.89. The number of carbonyl (C=O) groups excluding carboxylic acids is 2. The van der Waals surface area contributed by atoms with E-state index in [-0.39, 0.29) is 24.3 Å². The summed E-state index contributed by atoms with van der Waals surface area (Å²) < 4.78 is 0. The molecule has 3 rings (SSSR count). The molecule has 0 bridgehead atoms. The number of carbonyl (C=O) groups is 2. The Morgan fingerprint density at radius 2 is 2.13 bits per heavy atom. The highest BCUT2D eigenvalue weighted by Crippen LogP contribution is 2.33. The molecule has 0 spiro atoms. The van der Waals surface area contributed by atoms with E-state index >= 15 is 0 Å². The SMILES string of the molecule is CC(=O)N1C=Cc2ccccc2[C@@H]1CC(=O)Nc1nc(C)cs1. The molecule has 0 fully saturated rings. The van der Waals surface area contributed by atoms with Gasteiger partial charge < -0.3 is 10.2 Å². The molecule has 118 valence electrons. The second-order valence-corrected chi connectivity index (χ2v) is 6.29. The van der Waals surface area contributed by atoms with Crippen molar-refractivity contribution in [3.63, 3.8) is 0 Å². The number of nitrogens with one attached hydrogen (secondary N) is 1. The highest BCUT2D eigenvalue weighted by Gasteiger charge is 2.28. The monoisotopic (exact) mass is 327 g/mol. The third-order valence-corrected chi connectivity index (χ3v) is 4.59. The first-order valence-electron chi connectivity index (χ1n) is 7.32. The maximum Gasteiger partial charge on any atom is 0.228 e. The predicted octanol–water partition coefficient (Wildman–Crippen LogP) is 3.35. The Bertz CT molecular complexity index is 782. The van der Waals surface area contributed by atoms with Crippen LogP contribution >= 0.6 is 11.3 Å². The summed E-state index contributed by atoms with van der Waals surface area (Å²) in [6.45, 7) is 3.39. The topological polar surface area (TPSA) is 62.3 Å². The van der Waals surface area contributed by atoms with Crippen molar-refractivity contribution < 1.29 is 9.59 Å². The number of aryl methyl sites for hydroxylation is 1. The van der Waals surface area contributed by atoms with Crippen LogP contribution in [0.5, 0.6) is 0 Å². The lowest BCUT2D eigenvalue weighted by Crippen LogP contribution is -2.33. The molecule has 6 heteroatoms. The van der Waals surface area contributed by atoms with Gasteiger partial charge in [0.15, 0.2) is 5.13 Å². The number of fused-ring (bicyclic) bond motifs is 1. The molecular formula is C17H17N3O2S. The molecular weight excluding hydrogens is 310 g/mol. The highest BCUT2D eigenvalue weighted by molar-refractivity contribution is 7.13. The van der Waals surface area contributed by atoms with E-state index < -0.39 is 0 Å². The maximum atomic E-state index is 12.4. The van der Waals surface area contributed by atoms with Gasteiger partial charge in [-0.3, -0.25) is 9.59 Å². The summed E-state index contributed by atoms with van der Waals surface area (Å²) in [5.74, 6) is -0.237. The first-order valence-corrected chi connectivity index (χ1v) is 8.20. The molecule has 0 radical (unpaired) electrons. The van der Waals surface area contributed by atoms with Crippen molar-refractivity contribution in [2.75, 3.05) is 5.32 Å². The standard InChI is InChI=1S/C17H17N3O2S/c1-11-10-23-17(18-11)19-16(22)9-15-14-6-4-3-5-13(14)7-8-20(15)12(2)21/h3-8,10,15H,9H2,1-2H3,(H,18,19,22)/t15-/m0/s1. The molecule has 1 atom stereocenters. The van der Waals surface area contributed by atoms with Crippen LogP contribution in [0.1, 0.15) is 36.2 Å². The Labute approximate surface area is 138 Å². The third-order valence-electron chi connectivity index (χ3n) is 3.71. The molecule has 0 saturated heterocycles. The minimum Gasteiger partial charge on any atom is -0.311 e. The fourth-order valence-corrected chi connectivity index (χ4v) is 3.37. The summed E-state index contributed by atoms with van der Waals surface area (Å²) in [4.78, 5) is 30.1. The minimum absolute atomic E-state index is 0.0846. The number of hydrogen-bond acceptors (Lipinski definition) is 4. The molecule has 1 aromatic heterocycles. The number of anilines is 1. The van der Waals surface area contributed by atoms with Crippen molar-refractivity contribution in [3.05, 3.63) is 52.7 Å². The van der Waals surface area contributed by atoms with Crippen LogP contribution in [0.3, 0.4) is 0 Å². The Kier molecular flexibility index (Phi) is 4.25. The zero-order valence-electron chi connectivity index (χ0n) is 12.9. The van der Waals surface area contributed by atoms with E-state index in [4.69, 9.17) is 0 Å². The van der Waals surface area contributed by atoms with Crippen molar-refractivity contribution in [3.8, 4) is 0 Å². The van der Waals surface area contributed by atoms with Crippen molar-refractivity contribution in [2.45, 2.75) is 26.3 Å². The summed E-state index contributed by atoms with van der Waals surface area (Å²) in [6, 6.07) is 7.52. The fraction of sp³-hybridized carbons (Fsp3) is 0.235. The number of nitrogens with zero attached hydrogens (tertiary/aromatic N) is 2. The minimum atomic E-state index is -0.297. The molecule has 0 aliphatic carbocycles. The lowest BCUT2D eigenvalue weighted by atomic mass is 9.93. The molecule has 5 nitrogen and oxygen atoms in total. The van der Waals surface area contributed by atoms with E-state index in [0.29, 0.717) is 5.13 Å². The molecule has 1 aliphatic rings. The summed E-state index contributed by atoms with van der Waals surface area (Å²) in [6.07, 6.45) is 3.84. The second-order valence-electron chi connectivity index (χ2n) is 5.43. The largest absolute Gasteiger partial charge is 0.311 e. The zero-order valence-corrected chi connectivity index (χ0v) is 13.8. The van der Waals surface area contributed by atoms with Crippen LogP contribution in [-0.4, -0.2) is 21.7 Å². The Morgan fingerprint density at radius 1 is 1.35 bits per heavy atom. The molecule has 2 heterocycles. The van der Waals surface area contributed by atoms with Gasteiger partial charge in [0.05, 0.1) is 18.2 Å².